The maximum atomic E-state index is 13.1. The summed E-state index contributed by atoms with van der Waals surface area (Å²) >= 11 is 6.14. The molecule has 0 spiro atoms. The summed E-state index contributed by atoms with van der Waals surface area (Å²) in [6.45, 7) is 4.61. The van der Waals surface area contributed by atoms with Gasteiger partial charge in [0, 0.05) is 47.9 Å². The lowest BCUT2D eigenvalue weighted by molar-refractivity contribution is -0.137. The summed E-state index contributed by atoms with van der Waals surface area (Å²) in [5, 5.41) is 5.67. The molecule has 1 amide bonds. The summed E-state index contributed by atoms with van der Waals surface area (Å²) in [5.74, 6) is 0.567. The normalized spacial score (nSPS) is 18.1. The van der Waals surface area contributed by atoms with Gasteiger partial charge in [-0.25, -0.2) is 4.68 Å². The molecule has 2 fully saturated rings. The van der Waals surface area contributed by atoms with Crippen LogP contribution in [0.5, 0.6) is 0 Å². The van der Waals surface area contributed by atoms with Gasteiger partial charge in [-0.3, -0.25) is 9.69 Å². The van der Waals surface area contributed by atoms with Gasteiger partial charge in [0.15, 0.2) is 0 Å². The highest BCUT2D eigenvalue weighted by atomic mass is 35.5. The maximum absolute atomic E-state index is 13.1. The first-order chi connectivity index (χ1) is 16.7. The number of para-hydroxylation sites is 1. The molecule has 5 rings (SSSR count). The van der Waals surface area contributed by atoms with E-state index in [0.29, 0.717) is 5.91 Å². The van der Waals surface area contributed by atoms with Gasteiger partial charge in [0.1, 0.15) is 0 Å². The Kier molecular flexibility index (Phi) is 7.31. The van der Waals surface area contributed by atoms with E-state index in [4.69, 9.17) is 16.7 Å². The van der Waals surface area contributed by atoms with Crippen LogP contribution in [0.15, 0.2) is 60.8 Å². The zero-order chi connectivity index (χ0) is 23.3. The minimum atomic E-state index is 0.178. The predicted octanol–water partition coefficient (Wildman–Crippen LogP) is 5.81. The standard InChI is InChI=1S/C28H33ClN4O/c29-25-12-10-22(11-13-25)27-24(21-33(30-27)26-8-4-3-5-9-26)20-31-18-14-23(15-19-31)28(34)32-16-6-1-2-7-17-32/h3-5,8-13,21,23H,1-2,6-7,14-20H2. The average molecular weight is 477 g/mol. The Morgan fingerprint density at radius 2 is 1.56 bits per heavy atom. The van der Waals surface area contributed by atoms with Crippen LogP contribution in [0.2, 0.25) is 5.02 Å². The van der Waals surface area contributed by atoms with Crippen molar-refractivity contribution in [1.29, 1.82) is 0 Å². The third-order valence-corrected chi connectivity index (χ3v) is 7.43. The fraction of sp³-hybridized carbons (Fsp3) is 0.429. The Balaban J connectivity index is 1.29. The second-order valence-corrected chi connectivity index (χ2v) is 10.0. The van der Waals surface area contributed by atoms with Gasteiger partial charge >= 0.3 is 0 Å². The molecule has 0 bridgehead atoms. The van der Waals surface area contributed by atoms with Gasteiger partial charge in [0.2, 0.25) is 5.91 Å². The molecule has 6 heteroatoms. The number of rotatable bonds is 5. The number of benzene rings is 2. The number of hydrogen-bond acceptors (Lipinski definition) is 3. The molecule has 2 aliphatic rings. The van der Waals surface area contributed by atoms with Crippen LogP contribution in [-0.2, 0) is 11.3 Å². The van der Waals surface area contributed by atoms with Crippen LogP contribution >= 0.6 is 11.6 Å². The summed E-state index contributed by atoms with van der Waals surface area (Å²) in [4.78, 5) is 17.7. The van der Waals surface area contributed by atoms with Crippen molar-refractivity contribution in [3.05, 3.63) is 71.4 Å². The second-order valence-electron chi connectivity index (χ2n) is 9.58. The zero-order valence-electron chi connectivity index (χ0n) is 19.7. The highest BCUT2D eigenvalue weighted by Crippen LogP contribution is 2.28. The molecule has 3 aromatic rings. The molecule has 0 aliphatic carbocycles. The van der Waals surface area contributed by atoms with E-state index < -0.39 is 0 Å². The highest BCUT2D eigenvalue weighted by molar-refractivity contribution is 6.30. The maximum Gasteiger partial charge on any atom is 0.225 e. The summed E-state index contributed by atoms with van der Waals surface area (Å²) < 4.78 is 1.97. The topological polar surface area (TPSA) is 41.4 Å². The Labute approximate surface area is 207 Å². The molecule has 5 nitrogen and oxygen atoms in total. The van der Waals surface area contributed by atoms with Crippen LogP contribution < -0.4 is 0 Å². The number of carbonyl (C=O) groups excluding carboxylic acids is 1. The van der Waals surface area contributed by atoms with Crippen molar-refractivity contribution in [1.82, 2.24) is 19.6 Å². The summed E-state index contributed by atoms with van der Waals surface area (Å²) in [6, 6.07) is 18.1. The summed E-state index contributed by atoms with van der Waals surface area (Å²) in [5.41, 5.74) is 4.30. The largest absolute Gasteiger partial charge is 0.342 e. The van der Waals surface area contributed by atoms with Crippen molar-refractivity contribution in [3.63, 3.8) is 0 Å². The smallest absolute Gasteiger partial charge is 0.225 e. The Bertz CT molecular complexity index is 1080. The average Bonchev–Trinajstić information content (AvgIpc) is 3.10. The highest BCUT2D eigenvalue weighted by Gasteiger charge is 2.29. The van der Waals surface area contributed by atoms with Crippen molar-refractivity contribution >= 4 is 17.5 Å². The third kappa shape index (κ3) is 5.37. The van der Waals surface area contributed by atoms with Gasteiger partial charge < -0.3 is 4.90 Å². The molecule has 178 valence electrons. The molecule has 1 aromatic heterocycles. The van der Waals surface area contributed by atoms with Crippen molar-refractivity contribution in [2.75, 3.05) is 26.2 Å². The zero-order valence-corrected chi connectivity index (χ0v) is 20.5. The van der Waals surface area contributed by atoms with Crippen molar-refractivity contribution in [2.24, 2.45) is 5.92 Å². The third-order valence-electron chi connectivity index (χ3n) is 7.18. The van der Waals surface area contributed by atoms with Crippen LogP contribution in [0.3, 0.4) is 0 Å². The van der Waals surface area contributed by atoms with Crippen LogP contribution in [0, 0.1) is 5.92 Å². The van der Waals surface area contributed by atoms with E-state index in [1.54, 1.807) is 0 Å². The first-order valence-corrected chi connectivity index (χ1v) is 13.0. The lowest BCUT2D eigenvalue weighted by Crippen LogP contribution is -2.42. The number of halogens is 1. The number of likely N-dealkylation sites (tertiary alicyclic amines) is 2. The Hall–Kier alpha value is -2.63. The molecule has 0 unspecified atom stereocenters. The van der Waals surface area contributed by atoms with E-state index in [1.165, 1.54) is 18.4 Å². The van der Waals surface area contributed by atoms with Crippen LogP contribution in [0.1, 0.15) is 44.1 Å². The molecule has 2 aliphatic heterocycles. The van der Waals surface area contributed by atoms with E-state index in [1.807, 2.05) is 47.1 Å². The molecular formula is C28H33ClN4O. The van der Waals surface area contributed by atoms with E-state index in [9.17, 15) is 4.79 Å². The number of hydrogen-bond donors (Lipinski definition) is 0. The van der Waals surface area contributed by atoms with Gasteiger partial charge in [-0.1, -0.05) is 54.8 Å². The van der Waals surface area contributed by atoms with E-state index in [-0.39, 0.29) is 5.92 Å². The molecule has 0 radical (unpaired) electrons. The number of amides is 1. The first-order valence-electron chi connectivity index (χ1n) is 12.6. The summed E-state index contributed by atoms with van der Waals surface area (Å²) in [6.07, 6.45) is 8.86. The summed E-state index contributed by atoms with van der Waals surface area (Å²) in [7, 11) is 0. The fourth-order valence-corrected chi connectivity index (χ4v) is 5.34. The minimum Gasteiger partial charge on any atom is -0.342 e. The van der Waals surface area contributed by atoms with Gasteiger partial charge in [-0.15, -0.1) is 0 Å². The quantitative estimate of drug-likeness (QED) is 0.466. The van der Waals surface area contributed by atoms with Gasteiger partial charge in [-0.2, -0.15) is 5.10 Å². The second kappa shape index (κ2) is 10.7. The van der Waals surface area contributed by atoms with Crippen LogP contribution in [-0.4, -0.2) is 51.7 Å². The molecule has 0 N–H and O–H groups in total. The number of nitrogens with zero attached hydrogens (tertiary/aromatic N) is 4. The number of aromatic nitrogens is 2. The monoisotopic (exact) mass is 476 g/mol. The molecule has 0 saturated carbocycles. The SMILES string of the molecule is O=C(C1CCN(Cc2cn(-c3ccccc3)nc2-c2ccc(Cl)cc2)CC1)N1CCCCCC1. The van der Waals surface area contributed by atoms with Crippen molar-refractivity contribution < 1.29 is 4.79 Å². The van der Waals surface area contributed by atoms with Gasteiger partial charge in [-0.05, 0) is 63.0 Å². The number of carbonyl (C=O) groups is 1. The van der Waals surface area contributed by atoms with Crippen molar-refractivity contribution in [2.45, 2.75) is 45.1 Å². The Morgan fingerprint density at radius 1 is 0.882 bits per heavy atom. The van der Waals surface area contributed by atoms with Crippen molar-refractivity contribution in [3.8, 4) is 16.9 Å². The predicted molar refractivity (Wildman–Crippen MR) is 137 cm³/mol. The minimum absolute atomic E-state index is 0.178. The lowest BCUT2D eigenvalue weighted by Gasteiger charge is -2.34. The van der Waals surface area contributed by atoms with E-state index >= 15 is 0 Å². The first kappa shape index (κ1) is 23.1. The van der Waals surface area contributed by atoms with Gasteiger partial charge in [0.25, 0.3) is 0 Å². The molecule has 2 saturated heterocycles. The fourth-order valence-electron chi connectivity index (χ4n) is 5.22. The van der Waals surface area contributed by atoms with Gasteiger partial charge in [0.05, 0.1) is 11.4 Å². The molecule has 34 heavy (non-hydrogen) atoms. The molecule has 3 heterocycles. The Morgan fingerprint density at radius 3 is 2.24 bits per heavy atom. The van der Waals surface area contributed by atoms with E-state index in [0.717, 1.165) is 80.4 Å². The molecule has 0 atom stereocenters. The lowest BCUT2D eigenvalue weighted by atomic mass is 9.94. The van der Waals surface area contributed by atoms with Crippen LogP contribution in [0.25, 0.3) is 16.9 Å². The van der Waals surface area contributed by atoms with Crippen LogP contribution in [0.4, 0.5) is 0 Å². The molecule has 2 aromatic carbocycles. The molecular weight excluding hydrogens is 444 g/mol. The van der Waals surface area contributed by atoms with E-state index in [2.05, 4.69) is 28.1 Å². The number of piperidine rings is 1.